The molecule has 0 amide bonds. The van der Waals surface area contributed by atoms with Crippen molar-refractivity contribution in [2.24, 2.45) is 0 Å². The molecule has 2 heterocycles. The number of benzene rings is 1. The Morgan fingerprint density at radius 3 is 2.94 bits per heavy atom. The van der Waals surface area contributed by atoms with E-state index in [1.54, 1.807) is 18.4 Å². The Bertz CT molecular complexity index is 690. The fraction of sp³-hybridized carbons (Fsp3) is 0.167. The van der Waals surface area contributed by atoms with E-state index in [1.807, 2.05) is 31.2 Å². The van der Waals surface area contributed by atoms with E-state index in [1.165, 1.54) is 0 Å². The quantitative estimate of drug-likeness (QED) is 0.783. The second-order valence-corrected chi connectivity index (χ2v) is 4.83. The molecule has 6 heteroatoms. The maximum absolute atomic E-state index is 5.18. The van der Waals surface area contributed by atoms with Gasteiger partial charge in [-0.3, -0.25) is 0 Å². The van der Waals surface area contributed by atoms with Gasteiger partial charge in [-0.15, -0.1) is 0 Å². The van der Waals surface area contributed by atoms with Crippen LogP contribution in [0.5, 0.6) is 5.75 Å². The number of ether oxygens (including phenoxy) is 1. The summed E-state index contributed by atoms with van der Waals surface area (Å²) < 4.78 is 11.2. The molecule has 0 fully saturated rings. The molecule has 1 N–H and O–H groups in total. The summed E-state index contributed by atoms with van der Waals surface area (Å²) in [5, 5.41) is 7.77. The van der Waals surface area contributed by atoms with Crippen LogP contribution in [0.1, 0.15) is 5.76 Å². The topological polar surface area (TPSA) is 60.2 Å². The lowest BCUT2D eigenvalue weighted by Gasteiger charge is -1.96. The number of nitrogens with zero attached hydrogens (tertiary/aromatic N) is 2. The summed E-state index contributed by atoms with van der Waals surface area (Å²) >= 11 is 1.55. The molecule has 3 aromatic rings. The van der Waals surface area contributed by atoms with Crippen LogP contribution in [0.3, 0.4) is 0 Å². The van der Waals surface area contributed by atoms with E-state index in [2.05, 4.69) is 15.5 Å². The molecule has 92 valence electrons. The zero-order chi connectivity index (χ0) is 12.5. The number of hydrogen-bond acceptors (Lipinski definition) is 6. The first-order valence-corrected chi connectivity index (χ1v) is 6.21. The predicted octanol–water partition coefficient (Wildman–Crippen LogP) is 3.34. The van der Waals surface area contributed by atoms with E-state index in [0.717, 1.165) is 26.9 Å². The van der Waals surface area contributed by atoms with Crippen LogP contribution in [0.4, 0.5) is 10.9 Å². The summed E-state index contributed by atoms with van der Waals surface area (Å²) in [6, 6.07) is 7.62. The number of thiazole rings is 1. The van der Waals surface area contributed by atoms with Gasteiger partial charge in [0.2, 0.25) is 0 Å². The number of methoxy groups -OCH3 is 1. The first kappa shape index (κ1) is 11.0. The number of nitrogens with one attached hydrogen (secondary N) is 1. The minimum Gasteiger partial charge on any atom is -0.497 e. The molecule has 0 unspecified atom stereocenters. The normalized spacial score (nSPS) is 10.8. The van der Waals surface area contributed by atoms with E-state index in [0.29, 0.717) is 5.82 Å². The molecule has 18 heavy (non-hydrogen) atoms. The van der Waals surface area contributed by atoms with Crippen LogP contribution < -0.4 is 10.1 Å². The van der Waals surface area contributed by atoms with E-state index >= 15 is 0 Å². The van der Waals surface area contributed by atoms with Gasteiger partial charge in [0.05, 0.1) is 17.3 Å². The average molecular weight is 261 g/mol. The van der Waals surface area contributed by atoms with Crippen molar-refractivity contribution in [2.45, 2.75) is 6.92 Å². The molecule has 0 aliphatic carbocycles. The van der Waals surface area contributed by atoms with Crippen LogP contribution in [0.15, 0.2) is 28.8 Å². The number of rotatable bonds is 3. The van der Waals surface area contributed by atoms with Crippen LogP contribution in [0.2, 0.25) is 0 Å². The fourth-order valence-electron chi connectivity index (χ4n) is 1.62. The van der Waals surface area contributed by atoms with Crippen molar-refractivity contribution < 1.29 is 9.26 Å². The summed E-state index contributed by atoms with van der Waals surface area (Å²) in [4.78, 5) is 4.46. The van der Waals surface area contributed by atoms with Crippen LogP contribution in [-0.4, -0.2) is 17.3 Å². The van der Waals surface area contributed by atoms with Gasteiger partial charge in [-0.05, 0) is 25.1 Å². The maximum Gasteiger partial charge on any atom is 0.189 e. The molecule has 5 nitrogen and oxygen atoms in total. The van der Waals surface area contributed by atoms with Gasteiger partial charge in [0.1, 0.15) is 11.5 Å². The molecule has 3 rings (SSSR count). The largest absolute Gasteiger partial charge is 0.497 e. The summed E-state index contributed by atoms with van der Waals surface area (Å²) in [7, 11) is 1.65. The lowest BCUT2D eigenvalue weighted by atomic mass is 10.3. The van der Waals surface area contributed by atoms with Gasteiger partial charge in [0.15, 0.2) is 10.9 Å². The highest BCUT2D eigenvalue weighted by molar-refractivity contribution is 7.22. The summed E-state index contributed by atoms with van der Waals surface area (Å²) in [5.41, 5.74) is 0.934. The van der Waals surface area contributed by atoms with Crippen molar-refractivity contribution in [1.29, 1.82) is 0 Å². The number of anilines is 2. The third kappa shape index (κ3) is 2.02. The zero-order valence-corrected chi connectivity index (χ0v) is 10.7. The van der Waals surface area contributed by atoms with Crippen LogP contribution >= 0.6 is 11.3 Å². The van der Waals surface area contributed by atoms with Crippen molar-refractivity contribution in [3.63, 3.8) is 0 Å². The number of aromatic nitrogens is 2. The fourth-order valence-corrected chi connectivity index (χ4v) is 2.52. The molecule has 2 aromatic heterocycles. The van der Waals surface area contributed by atoms with Crippen LogP contribution in [0.25, 0.3) is 10.2 Å². The highest BCUT2D eigenvalue weighted by Crippen LogP contribution is 2.30. The van der Waals surface area contributed by atoms with Crippen LogP contribution in [-0.2, 0) is 0 Å². The molecule has 0 atom stereocenters. The average Bonchev–Trinajstić information content (AvgIpc) is 2.94. The Balaban J connectivity index is 1.93. The second-order valence-electron chi connectivity index (χ2n) is 3.80. The Kier molecular flexibility index (Phi) is 2.64. The lowest BCUT2D eigenvalue weighted by molar-refractivity contribution is 0.400. The second kappa shape index (κ2) is 4.30. The SMILES string of the molecule is COc1ccc2nc(Nc3cc(C)on3)sc2c1. The van der Waals surface area contributed by atoms with Gasteiger partial charge in [-0.25, -0.2) is 4.98 Å². The molecule has 0 saturated carbocycles. The first-order valence-electron chi connectivity index (χ1n) is 5.39. The van der Waals surface area contributed by atoms with E-state index < -0.39 is 0 Å². The monoisotopic (exact) mass is 261 g/mol. The number of aryl methyl sites for hydroxylation is 1. The number of fused-ring (bicyclic) bond motifs is 1. The number of hydrogen-bond donors (Lipinski definition) is 1. The molecule has 0 radical (unpaired) electrons. The molecule has 0 aliphatic rings. The van der Waals surface area contributed by atoms with Gasteiger partial charge < -0.3 is 14.6 Å². The first-order chi connectivity index (χ1) is 8.74. The van der Waals surface area contributed by atoms with Crippen molar-refractivity contribution in [3.05, 3.63) is 30.0 Å². The zero-order valence-electron chi connectivity index (χ0n) is 9.93. The lowest BCUT2D eigenvalue weighted by Crippen LogP contribution is -1.87. The summed E-state index contributed by atoms with van der Waals surface area (Å²) in [6.45, 7) is 1.85. The molecular formula is C12H11N3O2S. The molecule has 0 bridgehead atoms. The maximum atomic E-state index is 5.18. The van der Waals surface area contributed by atoms with Gasteiger partial charge in [0, 0.05) is 6.07 Å². The smallest absolute Gasteiger partial charge is 0.189 e. The van der Waals surface area contributed by atoms with Crippen molar-refractivity contribution in [1.82, 2.24) is 10.1 Å². The molecule has 1 aromatic carbocycles. The van der Waals surface area contributed by atoms with Gasteiger partial charge >= 0.3 is 0 Å². The highest BCUT2D eigenvalue weighted by Gasteiger charge is 2.07. The van der Waals surface area contributed by atoms with Crippen molar-refractivity contribution in [3.8, 4) is 5.75 Å². The molecule has 0 aliphatic heterocycles. The Hall–Kier alpha value is -2.08. The minimum atomic E-state index is 0.665. The predicted molar refractivity (Wildman–Crippen MR) is 70.7 cm³/mol. The van der Waals surface area contributed by atoms with Crippen molar-refractivity contribution >= 4 is 32.5 Å². The Morgan fingerprint density at radius 2 is 2.22 bits per heavy atom. The van der Waals surface area contributed by atoms with Gasteiger partial charge in [0.25, 0.3) is 0 Å². The Labute approximate surface area is 107 Å². The molecule has 0 spiro atoms. The summed E-state index contributed by atoms with van der Waals surface area (Å²) in [5.74, 6) is 2.26. The third-order valence-corrected chi connectivity index (χ3v) is 3.39. The van der Waals surface area contributed by atoms with Crippen LogP contribution in [0, 0.1) is 6.92 Å². The van der Waals surface area contributed by atoms with Gasteiger partial charge in [-0.2, -0.15) is 0 Å². The van der Waals surface area contributed by atoms with Gasteiger partial charge in [-0.1, -0.05) is 16.5 Å². The standard InChI is InChI=1S/C12H11N3O2S/c1-7-5-11(15-17-7)14-12-13-9-4-3-8(16-2)6-10(9)18-12/h3-6H,1-2H3,(H,13,14,15). The summed E-state index contributed by atoms with van der Waals surface area (Å²) in [6.07, 6.45) is 0. The van der Waals surface area contributed by atoms with E-state index in [9.17, 15) is 0 Å². The van der Waals surface area contributed by atoms with Crippen molar-refractivity contribution in [2.75, 3.05) is 12.4 Å². The minimum absolute atomic E-state index is 0.665. The molecule has 0 saturated heterocycles. The molecular weight excluding hydrogens is 250 g/mol. The highest BCUT2D eigenvalue weighted by atomic mass is 32.1. The Morgan fingerprint density at radius 1 is 1.33 bits per heavy atom. The third-order valence-electron chi connectivity index (χ3n) is 2.46. The van der Waals surface area contributed by atoms with E-state index in [4.69, 9.17) is 9.26 Å². The van der Waals surface area contributed by atoms with E-state index in [-0.39, 0.29) is 0 Å².